The molecule has 0 aliphatic heterocycles. The molecule has 0 bridgehead atoms. The summed E-state index contributed by atoms with van der Waals surface area (Å²) >= 11 is 0. The molecule has 0 heterocycles. The molecule has 2 aromatic carbocycles. The second-order valence-electron chi connectivity index (χ2n) is 6.42. The Hall–Kier alpha value is -2.99. The zero-order valence-corrected chi connectivity index (χ0v) is 15.6. The number of nitrogens with zero attached hydrogens (tertiary/aromatic N) is 3. The summed E-state index contributed by atoms with van der Waals surface area (Å²) in [6, 6.07) is 19.1. The van der Waals surface area contributed by atoms with Gasteiger partial charge in [0.2, 0.25) is 0 Å². The summed E-state index contributed by atoms with van der Waals surface area (Å²) in [7, 11) is 8.13. The third-order valence-corrected chi connectivity index (χ3v) is 4.07. The maximum atomic E-state index is 9.03. The molecule has 0 spiro atoms. The first-order valence-electron chi connectivity index (χ1n) is 8.26. The van der Waals surface area contributed by atoms with E-state index in [1.54, 1.807) is 0 Å². The van der Waals surface area contributed by atoms with Crippen molar-refractivity contribution in [1.29, 1.82) is 5.26 Å². The number of hydrogen-bond donors (Lipinski definition) is 0. The molecular formula is C22H25N3. The predicted molar refractivity (Wildman–Crippen MR) is 108 cm³/mol. The Kier molecular flexibility index (Phi) is 6.03. The summed E-state index contributed by atoms with van der Waals surface area (Å²) in [5.41, 5.74) is 6.37. The molecule has 0 aliphatic rings. The number of benzene rings is 2. The van der Waals surface area contributed by atoms with Crippen molar-refractivity contribution in [3.05, 3.63) is 77.4 Å². The van der Waals surface area contributed by atoms with Crippen molar-refractivity contribution in [3.63, 3.8) is 0 Å². The van der Waals surface area contributed by atoms with Gasteiger partial charge in [-0.05, 0) is 54.0 Å². The lowest BCUT2D eigenvalue weighted by Crippen LogP contribution is -2.08. The van der Waals surface area contributed by atoms with Crippen LogP contribution in [0.3, 0.4) is 0 Å². The van der Waals surface area contributed by atoms with Gasteiger partial charge in [-0.15, -0.1) is 0 Å². The summed E-state index contributed by atoms with van der Waals surface area (Å²) in [5, 5.41) is 9.03. The van der Waals surface area contributed by atoms with Crippen LogP contribution in [0, 0.1) is 11.3 Å². The lowest BCUT2D eigenvalue weighted by molar-refractivity contribution is 1.13. The van der Waals surface area contributed by atoms with E-state index in [1.165, 1.54) is 0 Å². The molecule has 0 radical (unpaired) electrons. The zero-order chi connectivity index (χ0) is 18.4. The fraction of sp³-hybridized carbons (Fsp3) is 0.227. The van der Waals surface area contributed by atoms with Crippen LogP contribution in [0.2, 0.25) is 0 Å². The van der Waals surface area contributed by atoms with Crippen molar-refractivity contribution in [2.45, 2.75) is 6.92 Å². The Bertz CT molecular complexity index is 748. The normalized spacial score (nSPS) is 10.8. The van der Waals surface area contributed by atoms with E-state index in [4.69, 9.17) is 5.26 Å². The summed E-state index contributed by atoms with van der Waals surface area (Å²) in [5.74, 6) is 0. The topological polar surface area (TPSA) is 30.3 Å². The lowest BCUT2D eigenvalue weighted by Gasteiger charge is -2.16. The molecule has 0 saturated carbocycles. The first kappa shape index (κ1) is 18.4. The van der Waals surface area contributed by atoms with Crippen molar-refractivity contribution in [2.75, 3.05) is 38.0 Å². The zero-order valence-electron chi connectivity index (χ0n) is 15.6. The van der Waals surface area contributed by atoms with E-state index >= 15 is 0 Å². The highest BCUT2D eigenvalue weighted by molar-refractivity contribution is 5.82. The lowest BCUT2D eigenvalue weighted by atomic mass is 9.96. The second-order valence-corrected chi connectivity index (χ2v) is 6.42. The number of nitriles is 1. The Morgan fingerprint density at radius 1 is 0.760 bits per heavy atom. The van der Waals surface area contributed by atoms with Gasteiger partial charge in [-0.3, -0.25) is 0 Å². The smallest absolute Gasteiger partial charge is 0.0944 e. The molecule has 0 atom stereocenters. The van der Waals surface area contributed by atoms with E-state index < -0.39 is 0 Å². The van der Waals surface area contributed by atoms with E-state index in [-0.39, 0.29) is 0 Å². The SMILES string of the molecule is C/C(C#N)=C\C=C(c1ccc(N(C)C)cc1)c1ccc(N(C)C)cc1. The third kappa shape index (κ3) is 4.74. The predicted octanol–water partition coefficient (Wildman–Crippen LogP) is 4.72. The van der Waals surface area contributed by atoms with Gasteiger partial charge in [0, 0.05) is 45.1 Å². The molecule has 2 aromatic rings. The Balaban J connectivity index is 2.48. The number of hydrogen-bond acceptors (Lipinski definition) is 3. The first-order valence-corrected chi connectivity index (χ1v) is 8.26. The van der Waals surface area contributed by atoms with Gasteiger partial charge in [0.15, 0.2) is 0 Å². The van der Waals surface area contributed by atoms with E-state index in [2.05, 4.69) is 64.4 Å². The summed E-state index contributed by atoms with van der Waals surface area (Å²) in [6.07, 6.45) is 3.89. The van der Waals surface area contributed by atoms with Crippen LogP contribution in [-0.2, 0) is 0 Å². The quantitative estimate of drug-likeness (QED) is 0.586. The Morgan fingerprint density at radius 3 is 1.48 bits per heavy atom. The monoisotopic (exact) mass is 331 g/mol. The first-order chi connectivity index (χ1) is 11.9. The largest absolute Gasteiger partial charge is 0.378 e. The molecule has 0 aliphatic carbocycles. The fourth-order valence-corrected chi connectivity index (χ4v) is 2.48. The van der Waals surface area contributed by atoms with Gasteiger partial charge in [0.1, 0.15) is 0 Å². The molecule has 0 aromatic heterocycles. The second kappa shape index (κ2) is 8.21. The molecule has 0 amide bonds. The Morgan fingerprint density at radius 2 is 1.16 bits per heavy atom. The maximum Gasteiger partial charge on any atom is 0.0944 e. The average Bonchev–Trinajstić information content (AvgIpc) is 2.62. The minimum atomic E-state index is 0.687. The molecule has 3 nitrogen and oxygen atoms in total. The van der Waals surface area contributed by atoms with Crippen LogP contribution in [-0.4, -0.2) is 28.2 Å². The van der Waals surface area contributed by atoms with Crippen LogP contribution in [0.25, 0.3) is 5.57 Å². The van der Waals surface area contributed by atoms with E-state index in [0.29, 0.717) is 5.57 Å². The van der Waals surface area contributed by atoms with Gasteiger partial charge >= 0.3 is 0 Å². The molecule has 0 unspecified atom stereocenters. The van der Waals surface area contributed by atoms with E-state index in [1.807, 2.05) is 47.3 Å². The summed E-state index contributed by atoms with van der Waals surface area (Å²) in [4.78, 5) is 4.16. The maximum absolute atomic E-state index is 9.03. The van der Waals surface area contributed by atoms with Gasteiger partial charge in [-0.1, -0.05) is 30.3 Å². The third-order valence-electron chi connectivity index (χ3n) is 4.07. The van der Waals surface area contributed by atoms with Crippen LogP contribution >= 0.6 is 0 Å². The number of rotatable bonds is 5. The van der Waals surface area contributed by atoms with Crippen LogP contribution in [0.15, 0.2) is 66.3 Å². The van der Waals surface area contributed by atoms with Gasteiger partial charge in [-0.2, -0.15) is 5.26 Å². The van der Waals surface area contributed by atoms with Crippen molar-refractivity contribution < 1.29 is 0 Å². The van der Waals surface area contributed by atoms with Gasteiger partial charge in [0.25, 0.3) is 0 Å². The molecule has 3 heteroatoms. The molecule has 25 heavy (non-hydrogen) atoms. The highest BCUT2D eigenvalue weighted by Gasteiger charge is 2.06. The van der Waals surface area contributed by atoms with Gasteiger partial charge in [-0.25, -0.2) is 0 Å². The molecule has 128 valence electrons. The Labute approximate surface area is 151 Å². The minimum Gasteiger partial charge on any atom is -0.378 e. The van der Waals surface area contributed by atoms with Gasteiger partial charge in [0.05, 0.1) is 6.07 Å². The number of allylic oxidation sites excluding steroid dienone is 3. The van der Waals surface area contributed by atoms with E-state index in [9.17, 15) is 0 Å². The van der Waals surface area contributed by atoms with Crippen LogP contribution in [0.5, 0.6) is 0 Å². The summed E-state index contributed by atoms with van der Waals surface area (Å²) in [6.45, 7) is 1.82. The van der Waals surface area contributed by atoms with Crippen LogP contribution < -0.4 is 9.80 Å². The summed E-state index contributed by atoms with van der Waals surface area (Å²) < 4.78 is 0. The average molecular weight is 331 g/mol. The number of anilines is 2. The van der Waals surface area contributed by atoms with Crippen molar-refractivity contribution in [2.24, 2.45) is 0 Å². The minimum absolute atomic E-state index is 0.687. The molecule has 0 N–H and O–H groups in total. The van der Waals surface area contributed by atoms with Crippen LogP contribution in [0.1, 0.15) is 18.1 Å². The van der Waals surface area contributed by atoms with Crippen molar-refractivity contribution >= 4 is 16.9 Å². The van der Waals surface area contributed by atoms with Crippen LogP contribution in [0.4, 0.5) is 11.4 Å². The standard InChI is InChI=1S/C22H25N3/c1-17(16-23)6-15-22(18-7-11-20(12-8-18)24(2)3)19-9-13-21(14-10-19)25(4)5/h6-15H,1-5H3/b17-6+. The highest BCUT2D eigenvalue weighted by Crippen LogP contribution is 2.27. The molecular weight excluding hydrogens is 306 g/mol. The highest BCUT2D eigenvalue weighted by atomic mass is 15.1. The molecule has 0 saturated heterocycles. The molecule has 2 rings (SSSR count). The van der Waals surface area contributed by atoms with E-state index in [0.717, 1.165) is 28.1 Å². The molecule has 0 fully saturated rings. The van der Waals surface area contributed by atoms with Crippen molar-refractivity contribution in [1.82, 2.24) is 0 Å². The fourth-order valence-electron chi connectivity index (χ4n) is 2.48. The van der Waals surface area contributed by atoms with Gasteiger partial charge < -0.3 is 9.80 Å². The van der Waals surface area contributed by atoms with Crippen molar-refractivity contribution in [3.8, 4) is 6.07 Å².